The second-order valence-electron chi connectivity index (χ2n) is 2.18. The topological polar surface area (TPSA) is 29.5 Å². The van der Waals surface area contributed by atoms with E-state index in [0.29, 0.717) is 12.5 Å². The van der Waals surface area contributed by atoms with Crippen molar-refractivity contribution in [1.29, 1.82) is 0 Å². The summed E-state index contributed by atoms with van der Waals surface area (Å²) in [5.41, 5.74) is 0. The van der Waals surface area contributed by atoms with E-state index in [0.717, 1.165) is 0 Å². The van der Waals surface area contributed by atoms with E-state index in [2.05, 4.69) is 6.92 Å². The zero-order valence-electron chi connectivity index (χ0n) is 5.42. The minimum absolute atomic E-state index is 0.464. The van der Waals surface area contributed by atoms with Gasteiger partial charge in [0.05, 0.1) is 6.61 Å². The zero-order chi connectivity index (χ0) is 6.57. The summed E-state index contributed by atoms with van der Waals surface area (Å²) in [6, 6.07) is 0. The molecule has 0 bridgehead atoms. The van der Waals surface area contributed by atoms with E-state index in [1.807, 2.05) is 13.8 Å². The fraction of sp³-hybridized carbons (Fsp3) is 0.833. The molecule has 0 amide bonds. The van der Waals surface area contributed by atoms with Gasteiger partial charge in [0.25, 0.3) is 0 Å². The van der Waals surface area contributed by atoms with E-state index < -0.39 is 6.29 Å². The molecule has 1 atom stereocenters. The monoisotopic (exact) mass is 117 g/mol. The molecule has 0 aromatic carbocycles. The van der Waals surface area contributed by atoms with Gasteiger partial charge in [-0.1, -0.05) is 13.8 Å². The molecule has 0 rings (SSSR count). The van der Waals surface area contributed by atoms with E-state index >= 15 is 0 Å². The second-order valence-corrected chi connectivity index (χ2v) is 2.18. The van der Waals surface area contributed by atoms with Gasteiger partial charge in [-0.25, -0.2) is 0 Å². The molecule has 0 saturated heterocycles. The third-order valence-corrected chi connectivity index (χ3v) is 0.622. The van der Waals surface area contributed by atoms with Crippen LogP contribution < -0.4 is 0 Å². The van der Waals surface area contributed by atoms with Crippen molar-refractivity contribution in [3.8, 4) is 0 Å². The molecule has 0 heterocycles. The molecule has 8 heavy (non-hydrogen) atoms. The molecule has 1 N–H and O–H groups in total. The lowest BCUT2D eigenvalue weighted by Gasteiger charge is -2.07. The van der Waals surface area contributed by atoms with Gasteiger partial charge >= 0.3 is 0 Å². The number of hydrogen-bond acceptors (Lipinski definition) is 2. The lowest BCUT2D eigenvalue weighted by molar-refractivity contribution is -0.0751. The fourth-order valence-corrected chi connectivity index (χ4v) is 0.304. The fourth-order valence-electron chi connectivity index (χ4n) is 0.304. The molecule has 1 unspecified atom stereocenters. The largest absolute Gasteiger partial charge is 0.368 e. The van der Waals surface area contributed by atoms with Crippen LogP contribution in [0.2, 0.25) is 0 Å². The predicted octanol–water partition coefficient (Wildman–Crippen LogP) is 0.811. The molecule has 0 aliphatic heterocycles. The first-order valence-electron chi connectivity index (χ1n) is 2.75. The highest BCUT2D eigenvalue weighted by atomic mass is 16.6. The van der Waals surface area contributed by atoms with Crippen LogP contribution in [0.4, 0.5) is 0 Å². The summed E-state index contributed by atoms with van der Waals surface area (Å²) in [5.74, 6) is 0.464. The molecule has 0 fully saturated rings. The van der Waals surface area contributed by atoms with Crippen LogP contribution in [0.15, 0.2) is 0 Å². The number of ether oxygens (including phenoxy) is 1. The second kappa shape index (κ2) is 3.87. The Labute approximate surface area is 50.5 Å². The SMILES string of the molecule is [CH2]C(O)OCC(C)C. The lowest BCUT2D eigenvalue weighted by atomic mass is 10.2. The zero-order valence-corrected chi connectivity index (χ0v) is 5.42. The molecule has 2 heteroatoms. The molecule has 0 aromatic heterocycles. The van der Waals surface area contributed by atoms with Crippen LogP contribution in [0, 0.1) is 12.8 Å². The van der Waals surface area contributed by atoms with E-state index in [9.17, 15) is 0 Å². The summed E-state index contributed by atoms with van der Waals surface area (Å²) in [6.07, 6.45) is -0.864. The van der Waals surface area contributed by atoms with Gasteiger partial charge in [0, 0.05) is 6.92 Å². The Morgan fingerprint density at radius 2 is 2.12 bits per heavy atom. The van der Waals surface area contributed by atoms with Crippen LogP contribution in [0.3, 0.4) is 0 Å². The summed E-state index contributed by atoms with van der Waals surface area (Å²) in [5, 5.41) is 8.47. The molecule has 0 spiro atoms. The van der Waals surface area contributed by atoms with E-state index in [1.165, 1.54) is 0 Å². The average Bonchev–Trinajstić information content (AvgIpc) is 1.61. The van der Waals surface area contributed by atoms with Gasteiger partial charge in [-0.15, -0.1) is 0 Å². The van der Waals surface area contributed by atoms with Crippen LogP contribution in [0.5, 0.6) is 0 Å². The minimum Gasteiger partial charge on any atom is -0.368 e. The minimum atomic E-state index is -0.864. The highest BCUT2D eigenvalue weighted by Gasteiger charge is 1.96. The van der Waals surface area contributed by atoms with Crippen LogP contribution in [0.25, 0.3) is 0 Å². The number of aliphatic hydroxyl groups is 1. The van der Waals surface area contributed by atoms with Crippen molar-refractivity contribution in [3.63, 3.8) is 0 Å². The molecule has 0 aliphatic rings. The van der Waals surface area contributed by atoms with Crippen LogP contribution in [-0.4, -0.2) is 18.0 Å². The van der Waals surface area contributed by atoms with Crippen molar-refractivity contribution >= 4 is 0 Å². The lowest BCUT2D eigenvalue weighted by Crippen LogP contribution is -2.11. The third-order valence-electron chi connectivity index (χ3n) is 0.622. The van der Waals surface area contributed by atoms with Gasteiger partial charge in [-0.05, 0) is 5.92 Å². The summed E-state index contributed by atoms with van der Waals surface area (Å²) >= 11 is 0. The maximum absolute atomic E-state index is 8.47. The molecule has 1 radical (unpaired) electrons. The summed E-state index contributed by atoms with van der Waals surface area (Å²) in [7, 11) is 0. The number of rotatable bonds is 3. The Morgan fingerprint density at radius 1 is 1.62 bits per heavy atom. The van der Waals surface area contributed by atoms with Crippen molar-refractivity contribution < 1.29 is 9.84 Å². The number of hydrogen-bond donors (Lipinski definition) is 1. The molecule has 0 aliphatic carbocycles. The summed E-state index contributed by atoms with van der Waals surface area (Å²) in [6.45, 7) is 7.85. The van der Waals surface area contributed by atoms with Gasteiger partial charge in [-0.3, -0.25) is 0 Å². The smallest absolute Gasteiger partial charge is 0.154 e. The summed E-state index contributed by atoms with van der Waals surface area (Å²) < 4.78 is 4.75. The Morgan fingerprint density at radius 3 is 2.25 bits per heavy atom. The van der Waals surface area contributed by atoms with E-state index in [-0.39, 0.29) is 0 Å². The quantitative estimate of drug-likeness (QED) is 0.554. The standard InChI is InChI=1S/C6H13O2/c1-5(2)4-8-6(3)7/h5-7H,3-4H2,1-2H3. The Hall–Kier alpha value is -0.0800. The van der Waals surface area contributed by atoms with Gasteiger partial charge in [0.1, 0.15) is 0 Å². The highest BCUT2D eigenvalue weighted by Crippen LogP contribution is 1.93. The van der Waals surface area contributed by atoms with Gasteiger partial charge in [-0.2, -0.15) is 0 Å². The maximum atomic E-state index is 8.47. The summed E-state index contributed by atoms with van der Waals surface area (Å²) in [4.78, 5) is 0. The van der Waals surface area contributed by atoms with Gasteiger partial charge < -0.3 is 9.84 Å². The van der Waals surface area contributed by atoms with Crippen molar-refractivity contribution in [3.05, 3.63) is 6.92 Å². The molecular weight excluding hydrogens is 104 g/mol. The Bertz CT molecular complexity index is 42.5. The van der Waals surface area contributed by atoms with Crippen molar-refractivity contribution in [1.82, 2.24) is 0 Å². The predicted molar refractivity (Wildman–Crippen MR) is 32.2 cm³/mol. The maximum Gasteiger partial charge on any atom is 0.154 e. The molecule has 2 nitrogen and oxygen atoms in total. The third kappa shape index (κ3) is 5.92. The molecule has 49 valence electrons. The van der Waals surface area contributed by atoms with Gasteiger partial charge in [0.15, 0.2) is 6.29 Å². The molecular formula is C6H13O2. The first-order valence-corrected chi connectivity index (χ1v) is 2.75. The van der Waals surface area contributed by atoms with Crippen LogP contribution in [0.1, 0.15) is 13.8 Å². The van der Waals surface area contributed by atoms with Crippen LogP contribution in [-0.2, 0) is 4.74 Å². The Kier molecular flexibility index (Phi) is 3.83. The average molecular weight is 117 g/mol. The number of aliphatic hydroxyl groups excluding tert-OH is 1. The Balaban J connectivity index is 2.93. The van der Waals surface area contributed by atoms with E-state index in [4.69, 9.17) is 9.84 Å². The van der Waals surface area contributed by atoms with Crippen molar-refractivity contribution in [2.45, 2.75) is 20.1 Å². The van der Waals surface area contributed by atoms with Crippen molar-refractivity contribution in [2.75, 3.05) is 6.61 Å². The molecule has 0 aromatic rings. The highest BCUT2D eigenvalue weighted by molar-refractivity contribution is 4.43. The normalized spacial score (nSPS) is 14.6. The van der Waals surface area contributed by atoms with Crippen molar-refractivity contribution in [2.24, 2.45) is 5.92 Å². The first kappa shape index (κ1) is 7.92. The first-order chi connectivity index (χ1) is 3.63. The van der Waals surface area contributed by atoms with Gasteiger partial charge in [0.2, 0.25) is 0 Å². The van der Waals surface area contributed by atoms with E-state index in [1.54, 1.807) is 0 Å². The molecule has 0 saturated carbocycles. The van der Waals surface area contributed by atoms with Crippen LogP contribution >= 0.6 is 0 Å².